The summed E-state index contributed by atoms with van der Waals surface area (Å²) < 4.78 is 26.3. The maximum atomic E-state index is 13.1. The van der Waals surface area contributed by atoms with Crippen molar-refractivity contribution >= 4 is 16.7 Å². The molecule has 25 heavy (non-hydrogen) atoms. The minimum Gasteiger partial charge on any atom is -0.368 e. The molecule has 6 heteroatoms. The zero-order chi connectivity index (χ0) is 17.8. The molecule has 1 aromatic carbocycles. The molecule has 0 aliphatic heterocycles. The minimum absolute atomic E-state index is 0.365. The van der Waals surface area contributed by atoms with Crippen LogP contribution in [0.4, 0.5) is 14.6 Å². The molecule has 1 aliphatic carbocycles. The second-order valence-corrected chi connectivity index (χ2v) is 7.06. The molecule has 0 radical (unpaired) electrons. The van der Waals surface area contributed by atoms with E-state index >= 15 is 0 Å². The van der Waals surface area contributed by atoms with Crippen molar-refractivity contribution in [3.8, 4) is 0 Å². The average Bonchev–Trinajstić information content (AvgIpc) is 2.62. The summed E-state index contributed by atoms with van der Waals surface area (Å²) in [4.78, 5) is 10.3. The summed E-state index contributed by atoms with van der Waals surface area (Å²) in [5, 5.41) is 4.12. The van der Waals surface area contributed by atoms with Crippen LogP contribution in [-0.4, -0.2) is 41.5 Å². The predicted octanol–water partition coefficient (Wildman–Crippen LogP) is 4.49. The molecule has 3 rings (SSSR count). The Hall–Kier alpha value is -1.82. The van der Waals surface area contributed by atoms with Crippen molar-refractivity contribution in [1.29, 1.82) is 0 Å². The Kier molecular flexibility index (Phi) is 5.78. The van der Waals surface area contributed by atoms with Gasteiger partial charge >= 0.3 is 0 Å². The van der Waals surface area contributed by atoms with Gasteiger partial charge in [-0.15, -0.1) is 0 Å². The van der Waals surface area contributed by atoms with E-state index in [1.807, 2.05) is 12.1 Å². The van der Waals surface area contributed by atoms with Gasteiger partial charge < -0.3 is 10.2 Å². The van der Waals surface area contributed by atoms with Crippen LogP contribution in [0.2, 0.25) is 0 Å². The standard InChI is InChI=1S/C19H26F2N4/c1-25(2)16(13-8-4-3-5-9-13)12-22-18-14-10-6-7-11-15(14)23-19(24-18)17(20)21/h6-7,10-11,13,16-17H,3-5,8-9,12H2,1-2H3,(H,22,23,24). The van der Waals surface area contributed by atoms with Crippen molar-refractivity contribution in [2.75, 3.05) is 26.0 Å². The van der Waals surface area contributed by atoms with Crippen molar-refractivity contribution < 1.29 is 8.78 Å². The summed E-state index contributed by atoms with van der Waals surface area (Å²) in [5.74, 6) is 0.725. The normalized spacial score (nSPS) is 17.4. The topological polar surface area (TPSA) is 41.0 Å². The highest BCUT2D eigenvalue weighted by Crippen LogP contribution is 2.29. The lowest BCUT2D eigenvalue weighted by molar-refractivity contribution is 0.141. The molecule has 1 aliphatic rings. The van der Waals surface area contributed by atoms with E-state index < -0.39 is 12.2 Å². The quantitative estimate of drug-likeness (QED) is 0.835. The molecule has 4 nitrogen and oxygen atoms in total. The van der Waals surface area contributed by atoms with Gasteiger partial charge in [-0.05, 0) is 45.0 Å². The molecule has 0 spiro atoms. The van der Waals surface area contributed by atoms with E-state index in [9.17, 15) is 8.78 Å². The first-order valence-electron chi connectivity index (χ1n) is 9.01. The summed E-state index contributed by atoms with van der Waals surface area (Å²) in [6, 6.07) is 7.67. The van der Waals surface area contributed by atoms with Crippen LogP contribution < -0.4 is 5.32 Å². The molecule has 1 fully saturated rings. The molecule has 1 heterocycles. The largest absolute Gasteiger partial charge is 0.368 e. The van der Waals surface area contributed by atoms with E-state index in [-0.39, 0.29) is 0 Å². The number of nitrogens with one attached hydrogen (secondary N) is 1. The van der Waals surface area contributed by atoms with Crippen LogP contribution in [0.5, 0.6) is 0 Å². The Morgan fingerprint density at radius 3 is 2.52 bits per heavy atom. The Morgan fingerprint density at radius 1 is 1.12 bits per heavy atom. The van der Waals surface area contributed by atoms with Gasteiger partial charge in [0.2, 0.25) is 0 Å². The first-order chi connectivity index (χ1) is 12.1. The van der Waals surface area contributed by atoms with Gasteiger partial charge in [-0.25, -0.2) is 18.7 Å². The lowest BCUT2D eigenvalue weighted by Crippen LogP contribution is -2.41. The minimum atomic E-state index is -2.67. The zero-order valence-corrected chi connectivity index (χ0v) is 14.9. The number of anilines is 1. The summed E-state index contributed by atoms with van der Waals surface area (Å²) in [5.41, 5.74) is 0.550. The number of alkyl halides is 2. The SMILES string of the molecule is CN(C)C(CNc1nc(C(F)F)nc2ccccc12)C1CCCCC1. The number of hydrogen-bond donors (Lipinski definition) is 1. The van der Waals surface area contributed by atoms with Crippen molar-refractivity contribution in [1.82, 2.24) is 14.9 Å². The Bertz CT molecular complexity index is 699. The fraction of sp³-hybridized carbons (Fsp3) is 0.579. The van der Waals surface area contributed by atoms with Gasteiger partial charge in [0.15, 0.2) is 5.82 Å². The third-order valence-corrected chi connectivity index (χ3v) is 5.15. The van der Waals surface area contributed by atoms with E-state index in [4.69, 9.17) is 0 Å². The van der Waals surface area contributed by atoms with Gasteiger partial charge in [0.1, 0.15) is 5.82 Å². The van der Waals surface area contributed by atoms with Crippen LogP contribution in [0.1, 0.15) is 44.4 Å². The fourth-order valence-corrected chi connectivity index (χ4v) is 3.82. The lowest BCUT2D eigenvalue weighted by Gasteiger charge is -2.35. The molecular formula is C19H26F2N4. The summed E-state index contributed by atoms with van der Waals surface area (Å²) >= 11 is 0. The highest BCUT2D eigenvalue weighted by Gasteiger charge is 2.25. The van der Waals surface area contributed by atoms with Crippen molar-refractivity contribution in [2.45, 2.75) is 44.6 Å². The first-order valence-corrected chi connectivity index (χ1v) is 9.01. The van der Waals surface area contributed by atoms with Gasteiger partial charge in [-0.1, -0.05) is 31.4 Å². The third kappa shape index (κ3) is 4.24. The van der Waals surface area contributed by atoms with Crippen LogP contribution in [0.25, 0.3) is 10.9 Å². The van der Waals surface area contributed by atoms with Crippen molar-refractivity contribution in [2.24, 2.45) is 5.92 Å². The van der Waals surface area contributed by atoms with Crippen LogP contribution in [0.15, 0.2) is 24.3 Å². The van der Waals surface area contributed by atoms with Crippen molar-refractivity contribution in [3.05, 3.63) is 30.1 Å². The third-order valence-electron chi connectivity index (χ3n) is 5.15. The molecule has 0 amide bonds. The molecule has 1 atom stereocenters. The number of nitrogens with zero attached hydrogens (tertiary/aromatic N) is 3. The Balaban J connectivity index is 1.83. The monoisotopic (exact) mass is 348 g/mol. The fourth-order valence-electron chi connectivity index (χ4n) is 3.82. The molecule has 136 valence electrons. The van der Waals surface area contributed by atoms with Gasteiger partial charge in [-0.2, -0.15) is 0 Å². The molecular weight excluding hydrogens is 322 g/mol. The maximum absolute atomic E-state index is 13.1. The molecule has 1 unspecified atom stereocenters. The molecule has 0 saturated heterocycles. The molecule has 0 bridgehead atoms. The Morgan fingerprint density at radius 2 is 1.84 bits per heavy atom. The predicted molar refractivity (Wildman–Crippen MR) is 97.0 cm³/mol. The van der Waals surface area contributed by atoms with Crippen LogP contribution in [0.3, 0.4) is 0 Å². The number of likely N-dealkylation sites (N-methyl/N-ethyl adjacent to an activating group) is 1. The first kappa shape index (κ1) is 18.0. The number of fused-ring (bicyclic) bond motifs is 1. The number of para-hydroxylation sites is 1. The number of benzene rings is 1. The molecule has 1 N–H and O–H groups in total. The maximum Gasteiger partial charge on any atom is 0.297 e. The van der Waals surface area contributed by atoms with E-state index in [1.165, 1.54) is 32.1 Å². The molecule has 2 aromatic rings. The van der Waals surface area contributed by atoms with Crippen LogP contribution in [0, 0.1) is 5.92 Å². The van der Waals surface area contributed by atoms with Gasteiger partial charge in [0.05, 0.1) is 5.52 Å². The Labute approximate surface area is 147 Å². The number of aromatic nitrogens is 2. The van der Waals surface area contributed by atoms with E-state index in [1.54, 1.807) is 12.1 Å². The van der Waals surface area contributed by atoms with E-state index in [2.05, 4.69) is 34.3 Å². The highest BCUT2D eigenvalue weighted by atomic mass is 19.3. The number of rotatable bonds is 6. The van der Waals surface area contributed by atoms with Crippen molar-refractivity contribution in [3.63, 3.8) is 0 Å². The van der Waals surface area contributed by atoms with E-state index in [0.717, 1.165) is 5.39 Å². The number of hydrogen-bond acceptors (Lipinski definition) is 4. The van der Waals surface area contributed by atoms with Gasteiger partial charge in [0.25, 0.3) is 6.43 Å². The molecule has 1 saturated carbocycles. The lowest BCUT2D eigenvalue weighted by atomic mass is 9.83. The summed E-state index contributed by atoms with van der Waals surface area (Å²) in [6.45, 7) is 0.696. The second kappa shape index (κ2) is 8.04. The summed E-state index contributed by atoms with van der Waals surface area (Å²) in [6.07, 6.45) is 3.67. The van der Waals surface area contributed by atoms with E-state index in [0.29, 0.717) is 29.8 Å². The van der Waals surface area contributed by atoms with Gasteiger partial charge in [-0.3, -0.25) is 0 Å². The van der Waals surface area contributed by atoms with Crippen LogP contribution >= 0.6 is 0 Å². The second-order valence-electron chi connectivity index (χ2n) is 7.06. The average molecular weight is 348 g/mol. The number of halogens is 2. The smallest absolute Gasteiger partial charge is 0.297 e. The van der Waals surface area contributed by atoms with Crippen LogP contribution in [-0.2, 0) is 0 Å². The zero-order valence-electron chi connectivity index (χ0n) is 14.9. The summed E-state index contributed by atoms with van der Waals surface area (Å²) in [7, 11) is 4.17. The van der Waals surface area contributed by atoms with Gasteiger partial charge in [0, 0.05) is 18.0 Å². The highest BCUT2D eigenvalue weighted by molar-refractivity contribution is 5.89. The molecule has 1 aromatic heterocycles.